The minimum Gasteiger partial charge on any atom is -0.493 e. The molecule has 3 amide bonds. The van der Waals surface area contributed by atoms with Crippen LogP contribution in [0.2, 0.25) is 5.02 Å². The van der Waals surface area contributed by atoms with Crippen molar-refractivity contribution in [3.05, 3.63) is 88.4 Å². The predicted molar refractivity (Wildman–Crippen MR) is 176 cm³/mol. The Morgan fingerprint density at radius 3 is 2.44 bits per heavy atom. The summed E-state index contributed by atoms with van der Waals surface area (Å²) in [6, 6.07) is 19.7. The van der Waals surface area contributed by atoms with Crippen LogP contribution in [-0.2, 0) is 16.0 Å². The van der Waals surface area contributed by atoms with Crippen molar-refractivity contribution < 1.29 is 23.9 Å². The van der Waals surface area contributed by atoms with Crippen molar-refractivity contribution in [1.29, 1.82) is 0 Å². The zero-order chi connectivity index (χ0) is 31.8. The highest BCUT2D eigenvalue weighted by Crippen LogP contribution is 2.33. The van der Waals surface area contributed by atoms with E-state index in [0.29, 0.717) is 40.6 Å². The number of anilines is 2. The van der Waals surface area contributed by atoms with Gasteiger partial charge in [-0.15, -0.1) is 0 Å². The van der Waals surface area contributed by atoms with E-state index >= 15 is 0 Å². The first kappa shape index (κ1) is 32.5. The van der Waals surface area contributed by atoms with Crippen LogP contribution < -0.4 is 15.0 Å². The molecule has 0 saturated carbocycles. The van der Waals surface area contributed by atoms with Crippen LogP contribution in [0.15, 0.2) is 66.7 Å². The number of ether oxygens (including phenoxy) is 2. The summed E-state index contributed by atoms with van der Waals surface area (Å²) >= 11 is 6.25. The molecule has 45 heavy (non-hydrogen) atoms. The van der Waals surface area contributed by atoms with E-state index in [1.165, 1.54) is 0 Å². The lowest BCUT2D eigenvalue weighted by molar-refractivity contribution is -0.130. The second-order valence-electron chi connectivity index (χ2n) is 11.5. The molecule has 1 atom stereocenters. The van der Waals surface area contributed by atoms with Crippen molar-refractivity contribution in [3.63, 3.8) is 0 Å². The average Bonchev–Trinajstić information content (AvgIpc) is 3.23. The number of hydrogen-bond acceptors (Lipinski definition) is 6. The number of unbranched alkanes of at least 4 members (excludes halogenated alkanes) is 1. The average molecular weight is 633 g/mol. The van der Waals surface area contributed by atoms with Gasteiger partial charge in [0.1, 0.15) is 12.0 Å². The Kier molecular flexibility index (Phi) is 11.1. The number of carbonyl (C=O) groups is 3. The molecular weight excluding hydrogens is 592 g/mol. The minimum absolute atomic E-state index is 0.139. The SMILES string of the molecule is COC1CCCc2cc(Cl)ccc2N1C(=O)c1ccc(NC(=O)c2ccccc2OCCCCN2CCN(C(C)=O)CC2)cc1. The molecule has 1 unspecified atom stereocenters. The molecule has 3 aromatic carbocycles. The maximum Gasteiger partial charge on any atom is 0.260 e. The lowest BCUT2D eigenvalue weighted by Gasteiger charge is -2.34. The summed E-state index contributed by atoms with van der Waals surface area (Å²) < 4.78 is 11.7. The van der Waals surface area contributed by atoms with Gasteiger partial charge in [-0.3, -0.25) is 24.2 Å². The van der Waals surface area contributed by atoms with Crippen molar-refractivity contribution in [2.75, 3.05) is 56.7 Å². The van der Waals surface area contributed by atoms with E-state index < -0.39 is 0 Å². The van der Waals surface area contributed by atoms with Crippen LogP contribution in [0.25, 0.3) is 0 Å². The van der Waals surface area contributed by atoms with Crippen LogP contribution >= 0.6 is 11.6 Å². The summed E-state index contributed by atoms with van der Waals surface area (Å²) in [6.45, 7) is 6.44. The number of piperazine rings is 1. The normalized spacial score (nSPS) is 16.9. The molecule has 0 aliphatic carbocycles. The number of nitrogens with zero attached hydrogens (tertiary/aromatic N) is 3. The Hall–Kier alpha value is -3.92. The quantitative estimate of drug-likeness (QED) is 0.281. The van der Waals surface area contributed by atoms with Gasteiger partial charge in [0.15, 0.2) is 0 Å². The van der Waals surface area contributed by atoms with E-state index in [2.05, 4.69) is 10.2 Å². The van der Waals surface area contributed by atoms with Crippen LogP contribution in [0.5, 0.6) is 5.75 Å². The molecule has 3 aromatic rings. The molecule has 0 spiro atoms. The zero-order valence-corrected chi connectivity index (χ0v) is 26.7. The van der Waals surface area contributed by atoms with E-state index in [1.807, 2.05) is 29.2 Å². The number of methoxy groups -OCH3 is 1. The van der Waals surface area contributed by atoms with E-state index in [1.54, 1.807) is 61.4 Å². The number of hydrogen-bond donors (Lipinski definition) is 1. The highest BCUT2D eigenvalue weighted by Gasteiger charge is 2.30. The van der Waals surface area contributed by atoms with Crippen molar-refractivity contribution in [1.82, 2.24) is 9.80 Å². The fourth-order valence-corrected chi connectivity index (χ4v) is 6.12. The van der Waals surface area contributed by atoms with Gasteiger partial charge in [-0.05, 0) is 98.8 Å². The molecule has 2 aliphatic rings. The van der Waals surface area contributed by atoms with Crippen molar-refractivity contribution in [2.24, 2.45) is 0 Å². The molecule has 1 saturated heterocycles. The molecular formula is C35H41ClN4O5. The molecule has 2 aliphatic heterocycles. The molecule has 0 bridgehead atoms. The third-order valence-electron chi connectivity index (χ3n) is 8.44. The van der Waals surface area contributed by atoms with Crippen molar-refractivity contribution in [2.45, 2.75) is 45.3 Å². The Morgan fingerprint density at radius 1 is 0.956 bits per heavy atom. The Labute approximate surface area is 270 Å². The van der Waals surface area contributed by atoms with E-state index in [-0.39, 0.29) is 23.9 Å². The standard InChI is InChI=1S/C35H41ClN4O5/c1-25(41)39-21-19-38(20-22-39)18-5-6-23-45-32-10-4-3-9-30(32)34(42)37-29-15-12-26(13-16-29)35(43)40-31-17-14-28(36)24-27(31)8-7-11-33(40)44-2/h3-4,9-10,12-17,24,33H,5-8,11,18-23H2,1-2H3,(H,37,42). The second kappa shape index (κ2) is 15.4. The molecule has 2 heterocycles. The van der Waals surface area contributed by atoms with Gasteiger partial charge in [-0.25, -0.2) is 0 Å². The van der Waals surface area contributed by atoms with Crippen LogP contribution in [0.1, 0.15) is 58.9 Å². The number of nitrogens with one attached hydrogen (secondary N) is 1. The summed E-state index contributed by atoms with van der Waals surface area (Å²) in [7, 11) is 1.62. The van der Waals surface area contributed by atoms with Gasteiger partial charge in [0.2, 0.25) is 5.91 Å². The van der Waals surface area contributed by atoms with E-state index in [4.69, 9.17) is 21.1 Å². The van der Waals surface area contributed by atoms with Gasteiger partial charge in [-0.1, -0.05) is 23.7 Å². The number of halogens is 1. The van der Waals surface area contributed by atoms with Crippen molar-refractivity contribution in [3.8, 4) is 5.75 Å². The van der Waals surface area contributed by atoms with E-state index in [0.717, 1.165) is 69.7 Å². The summed E-state index contributed by atoms with van der Waals surface area (Å²) in [5.74, 6) is 0.204. The fraction of sp³-hybridized carbons (Fsp3) is 0.400. The number of amides is 3. The fourth-order valence-electron chi connectivity index (χ4n) is 5.92. The number of rotatable bonds is 10. The topological polar surface area (TPSA) is 91.4 Å². The van der Waals surface area contributed by atoms with Gasteiger partial charge in [-0.2, -0.15) is 0 Å². The monoisotopic (exact) mass is 632 g/mol. The maximum absolute atomic E-state index is 13.7. The molecule has 1 fully saturated rings. The first-order valence-corrected chi connectivity index (χ1v) is 16.0. The highest BCUT2D eigenvalue weighted by molar-refractivity contribution is 6.30. The predicted octanol–water partition coefficient (Wildman–Crippen LogP) is 5.87. The molecule has 10 heteroatoms. The zero-order valence-electron chi connectivity index (χ0n) is 26.0. The van der Waals surface area contributed by atoms with Crippen LogP contribution in [0.4, 0.5) is 11.4 Å². The van der Waals surface area contributed by atoms with E-state index in [9.17, 15) is 14.4 Å². The first-order valence-electron chi connectivity index (χ1n) is 15.6. The molecule has 9 nitrogen and oxygen atoms in total. The molecule has 1 N–H and O–H groups in total. The van der Waals surface area contributed by atoms with Gasteiger partial charge >= 0.3 is 0 Å². The number of fused-ring (bicyclic) bond motifs is 1. The van der Waals surface area contributed by atoms with Crippen molar-refractivity contribution >= 4 is 40.7 Å². The number of carbonyl (C=O) groups excluding carboxylic acids is 3. The Morgan fingerprint density at radius 2 is 1.71 bits per heavy atom. The lowest BCUT2D eigenvalue weighted by Crippen LogP contribution is -2.48. The largest absolute Gasteiger partial charge is 0.493 e. The maximum atomic E-state index is 13.7. The van der Waals surface area contributed by atoms with Crippen LogP contribution in [0, 0.1) is 0 Å². The van der Waals surface area contributed by atoms with Crippen LogP contribution in [0.3, 0.4) is 0 Å². The lowest BCUT2D eigenvalue weighted by atomic mass is 10.1. The Bertz CT molecular complexity index is 1490. The summed E-state index contributed by atoms with van der Waals surface area (Å²) in [5.41, 5.74) is 3.32. The Balaban J connectivity index is 1.16. The highest BCUT2D eigenvalue weighted by atomic mass is 35.5. The number of para-hydroxylation sites is 1. The second-order valence-corrected chi connectivity index (χ2v) is 11.9. The van der Waals surface area contributed by atoms with Gasteiger partial charge in [0, 0.05) is 62.2 Å². The smallest absolute Gasteiger partial charge is 0.260 e. The minimum atomic E-state index is -0.390. The molecule has 0 aromatic heterocycles. The number of aryl methyl sites for hydroxylation is 1. The van der Waals surface area contributed by atoms with Gasteiger partial charge < -0.3 is 19.7 Å². The molecule has 5 rings (SSSR count). The summed E-state index contributed by atoms with van der Waals surface area (Å²) in [4.78, 5) is 44.4. The third kappa shape index (κ3) is 8.22. The van der Waals surface area contributed by atoms with Gasteiger partial charge in [0.05, 0.1) is 12.2 Å². The van der Waals surface area contributed by atoms with Crippen LogP contribution in [-0.4, -0.2) is 80.2 Å². The summed E-state index contributed by atoms with van der Waals surface area (Å²) in [5, 5.41) is 3.57. The third-order valence-corrected chi connectivity index (χ3v) is 8.68. The number of benzene rings is 3. The first-order chi connectivity index (χ1) is 21.8. The molecule has 238 valence electrons. The molecule has 0 radical (unpaired) electrons. The summed E-state index contributed by atoms with van der Waals surface area (Å²) in [6.07, 6.45) is 3.85. The van der Waals surface area contributed by atoms with Gasteiger partial charge in [0.25, 0.3) is 11.8 Å².